The average Bonchev–Trinajstić information content (AvgIpc) is 2.35. The van der Waals surface area contributed by atoms with Crippen LogP contribution in [0.4, 0.5) is 0 Å². The third-order valence-corrected chi connectivity index (χ3v) is 3.15. The highest BCUT2D eigenvalue weighted by atomic mass is 16.5. The van der Waals surface area contributed by atoms with Crippen LogP contribution in [0.15, 0.2) is 4.99 Å². The van der Waals surface area contributed by atoms with Crippen LogP contribution in [0, 0.1) is 5.92 Å². The number of likely N-dealkylation sites (N-methyl/N-ethyl adjacent to an activating group) is 1. The zero-order chi connectivity index (χ0) is 14.1. The molecule has 19 heavy (non-hydrogen) atoms. The van der Waals surface area contributed by atoms with Crippen molar-refractivity contribution in [3.05, 3.63) is 0 Å². The van der Waals surface area contributed by atoms with Crippen LogP contribution in [0.3, 0.4) is 0 Å². The molecule has 1 unspecified atom stereocenters. The number of hydrogen-bond acceptors (Lipinski definition) is 3. The van der Waals surface area contributed by atoms with Crippen molar-refractivity contribution in [2.45, 2.75) is 33.3 Å². The molecule has 0 amide bonds. The molecule has 2 N–H and O–H groups in total. The minimum absolute atomic E-state index is 0.222. The third-order valence-electron chi connectivity index (χ3n) is 3.15. The van der Waals surface area contributed by atoms with Crippen LogP contribution in [0.25, 0.3) is 0 Å². The van der Waals surface area contributed by atoms with Gasteiger partial charge >= 0.3 is 0 Å². The largest absolute Gasteiger partial charge is 0.374 e. The van der Waals surface area contributed by atoms with E-state index in [1.54, 1.807) is 0 Å². The van der Waals surface area contributed by atoms with E-state index < -0.39 is 0 Å². The van der Waals surface area contributed by atoms with E-state index in [2.05, 4.69) is 48.3 Å². The van der Waals surface area contributed by atoms with Gasteiger partial charge in [0.2, 0.25) is 0 Å². The maximum Gasteiger partial charge on any atom is 0.191 e. The zero-order valence-corrected chi connectivity index (χ0v) is 12.9. The van der Waals surface area contributed by atoms with Gasteiger partial charge in [-0.2, -0.15) is 0 Å². The number of guanidine groups is 1. The van der Waals surface area contributed by atoms with Crippen LogP contribution in [0.1, 0.15) is 27.2 Å². The van der Waals surface area contributed by atoms with Crippen molar-refractivity contribution in [1.82, 2.24) is 15.5 Å². The molecule has 112 valence electrons. The topological polar surface area (TPSA) is 48.9 Å². The molecule has 5 heteroatoms. The summed E-state index contributed by atoms with van der Waals surface area (Å²) in [6.45, 7) is 11.9. The molecule has 1 aliphatic rings. The molecule has 5 nitrogen and oxygen atoms in total. The Hall–Kier alpha value is -0.810. The second-order valence-corrected chi connectivity index (χ2v) is 5.58. The first kappa shape index (κ1) is 16.2. The molecule has 0 spiro atoms. The summed E-state index contributed by atoms with van der Waals surface area (Å²) in [5, 5.41) is 6.65. The molecule has 0 bridgehead atoms. The summed E-state index contributed by atoms with van der Waals surface area (Å²) in [7, 11) is 2.13. The van der Waals surface area contributed by atoms with Crippen molar-refractivity contribution in [3.8, 4) is 0 Å². The summed E-state index contributed by atoms with van der Waals surface area (Å²) in [4.78, 5) is 6.91. The van der Waals surface area contributed by atoms with Crippen LogP contribution >= 0.6 is 0 Å². The molecular weight excluding hydrogens is 240 g/mol. The standard InChI is InChI=1S/C14H30N4O/c1-5-15-14(16-7-6-12(2)3)17-10-13-11-18(4)8-9-19-13/h12-13H,5-11H2,1-4H3,(H2,15,16,17). The smallest absolute Gasteiger partial charge is 0.191 e. The predicted molar refractivity (Wildman–Crippen MR) is 80.7 cm³/mol. The highest BCUT2D eigenvalue weighted by molar-refractivity contribution is 5.79. The Morgan fingerprint density at radius 2 is 2.21 bits per heavy atom. The number of nitrogens with zero attached hydrogens (tertiary/aromatic N) is 2. The molecule has 0 aromatic rings. The highest BCUT2D eigenvalue weighted by Crippen LogP contribution is 2.03. The molecular formula is C14H30N4O. The molecule has 0 aromatic heterocycles. The van der Waals surface area contributed by atoms with Gasteiger partial charge in [-0.1, -0.05) is 13.8 Å². The SMILES string of the molecule is CCNC(=NCC1CN(C)CCO1)NCCC(C)C. The summed E-state index contributed by atoms with van der Waals surface area (Å²) < 4.78 is 5.72. The first-order valence-corrected chi connectivity index (χ1v) is 7.44. The van der Waals surface area contributed by atoms with E-state index >= 15 is 0 Å². The Balaban J connectivity index is 2.34. The Morgan fingerprint density at radius 3 is 2.84 bits per heavy atom. The molecule has 0 aliphatic carbocycles. The Kier molecular flexibility index (Phi) is 7.82. The average molecular weight is 270 g/mol. The summed E-state index contributed by atoms with van der Waals surface area (Å²) in [6.07, 6.45) is 1.38. The van der Waals surface area contributed by atoms with E-state index in [-0.39, 0.29) is 6.10 Å². The Bertz CT molecular complexity index is 268. The minimum Gasteiger partial charge on any atom is -0.374 e. The van der Waals surface area contributed by atoms with E-state index in [9.17, 15) is 0 Å². The molecule has 1 atom stereocenters. The number of aliphatic imine (C=N–C) groups is 1. The maximum atomic E-state index is 5.72. The summed E-state index contributed by atoms with van der Waals surface area (Å²) in [6, 6.07) is 0. The van der Waals surface area contributed by atoms with Gasteiger partial charge < -0.3 is 20.3 Å². The van der Waals surface area contributed by atoms with Gasteiger partial charge in [0.05, 0.1) is 19.3 Å². The van der Waals surface area contributed by atoms with Crippen molar-refractivity contribution < 1.29 is 4.74 Å². The van der Waals surface area contributed by atoms with Gasteiger partial charge in [0, 0.05) is 26.2 Å². The zero-order valence-electron chi connectivity index (χ0n) is 12.9. The lowest BCUT2D eigenvalue weighted by Gasteiger charge is -2.29. The molecule has 1 saturated heterocycles. The number of rotatable bonds is 6. The van der Waals surface area contributed by atoms with Crippen LogP contribution in [0.5, 0.6) is 0 Å². The van der Waals surface area contributed by atoms with Gasteiger partial charge in [-0.05, 0) is 26.3 Å². The molecule has 0 radical (unpaired) electrons. The van der Waals surface area contributed by atoms with Crippen molar-refractivity contribution >= 4 is 5.96 Å². The number of nitrogens with one attached hydrogen (secondary N) is 2. The Morgan fingerprint density at radius 1 is 1.42 bits per heavy atom. The van der Waals surface area contributed by atoms with Crippen molar-refractivity contribution in [1.29, 1.82) is 0 Å². The Labute approximate surface area is 117 Å². The second kappa shape index (κ2) is 9.15. The predicted octanol–water partition coefficient (Wildman–Crippen LogP) is 0.918. The van der Waals surface area contributed by atoms with E-state index in [0.717, 1.165) is 51.7 Å². The second-order valence-electron chi connectivity index (χ2n) is 5.58. The van der Waals surface area contributed by atoms with Gasteiger partial charge in [-0.25, -0.2) is 0 Å². The van der Waals surface area contributed by atoms with E-state index in [1.807, 2.05) is 0 Å². The lowest BCUT2D eigenvalue weighted by atomic mass is 10.1. The number of morpholine rings is 1. The van der Waals surface area contributed by atoms with Crippen LogP contribution in [0.2, 0.25) is 0 Å². The monoisotopic (exact) mass is 270 g/mol. The highest BCUT2D eigenvalue weighted by Gasteiger charge is 2.17. The summed E-state index contributed by atoms with van der Waals surface area (Å²) in [5.74, 6) is 1.62. The molecule has 0 aromatic carbocycles. The first-order chi connectivity index (χ1) is 9.11. The van der Waals surface area contributed by atoms with E-state index in [0.29, 0.717) is 5.92 Å². The first-order valence-electron chi connectivity index (χ1n) is 7.44. The van der Waals surface area contributed by atoms with Crippen molar-refractivity contribution in [3.63, 3.8) is 0 Å². The lowest BCUT2D eigenvalue weighted by molar-refractivity contribution is -0.0136. The third kappa shape index (κ3) is 7.38. The maximum absolute atomic E-state index is 5.72. The lowest BCUT2D eigenvalue weighted by Crippen LogP contribution is -2.43. The van der Waals surface area contributed by atoms with Gasteiger partial charge in [0.25, 0.3) is 0 Å². The van der Waals surface area contributed by atoms with E-state index in [4.69, 9.17) is 4.74 Å². The fourth-order valence-electron chi connectivity index (χ4n) is 1.99. The molecule has 1 fully saturated rings. The number of ether oxygens (including phenoxy) is 1. The molecule has 1 rings (SSSR count). The fraction of sp³-hybridized carbons (Fsp3) is 0.929. The van der Waals surface area contributed by atoms with Crippen LogP contribution in [-0.2, 0) is 4.74 Å². The van der Waals surface area contributed by atoms with Gasteiger partial charge in [-0.3, -0.25) is 4.99 Å². The minimum atomic E-state index is 0.222. The van der Waals surface area contributed by atoms with Crippen molar-refractivity contribution in [2.24, 2.45) is 10.9 Å². The normalized spacial score (nSPS) is 21.7. The quantitative estimate of drug-likeness (QED) is 0.556. The molecule has 0 saturated carbocycles. The van der Waals surface area contributed by atoms with Gasteiger partial charge in [0.1, 0.15) is 0 Å². The molecule has 1 heterocycles. The van der Waals surface area contributed by atoms with Gasteiger partial charge in [-0.15, -0.1) is 0 Å². The summed E-state index contributed by atoms with van der Waals surface area (Å²) >= 11 is 0. The van der Waals surface area contributed by atoms with Crippen molar-refractivity contribution in [2.75, 3.05) is 46.4 Å². The van der Waals surface area contributed by atoms with Gasteiger partial charge in [0.15, 0.2) is 5.96 Å². The van der Waals surface area contributed by atoms with E-state index in [1.165, 1.54) is 0 Å². The van der Waals surface area contributed by atoms with Crippen LogP contribution < -0.4 is 10.6 Å². The number of hydrogen-bond donors (Lipinski definition) is 2. The van der Waals surface area contributed by atoms with Crippen LogP contribution in [-0.4, -0.2) is 63.3 Å². The summed E-state index contributed by atoms with van der Waals surface area (Å²) in [5.41, 5.74) is 0. The fourth-order valence-corrected chi connectivity index (χ4v) is 1.99. The molecule has 1 aliphatic heterocycles.